The zero-order chi connectivity index (χ0) is 11.8. The normalized spacial score (nSPS) is 15.6. The Labute approximate surface area is 100 Å². The molecule has 1 heterocycles. The van der Waals surface area contributed by atoms with Gasteiger partial charge < -0.3 is 15.5 Å². The Kier molecular flexibility index (Phi) is 6.25. The molecule has 0 spiro atoms. The van der Waals surface area contributed by atoms with Crippen molar-refractivity contribution < 1.29 is 9.59 Å². The Balaban J connectivity index is 2.04. The fraction of sp³-hybridized carbons (Fsp3) is 0.800. The summed E-state index contributed by atoms with van der Waals surface area (Å²) in [4.78, 5) is 24.3. The fourth-order valence-corrected chi connectivity index (χ4v) is 2.27. The van der Waals surface area contributed by atoms with Gasteiger partial charge in [-0.3, -0.25) is 9.59 Å². The van der Waals surface area contributed by atoms with Crippen LogP contribution >= 0.6 is 11.8 Å². The molecule has 16 heavy (non-hydrogen) atoms. The molecule has 0 aromatic heterocycles. The first kappa shape index (κ1) is 13.3. The predicted molar refractivity (Wildman–Crippen MR) is 65.2 cm³/mol. The van der Waals surface area contributed by atoms with Crippen molar-refractivity contribution >= 4 is 23.6 Å². The number of carbonyl (C=O) groups is 2. The topological polar surface area (TPSA) is 61.4 Å². The smallest absolute Gasteiger partial charge is 0.239 e. The maximum absolute atomic E-state index is 11.4. The van der Waals surface area contributed by atoms with Crippen LogP contribution in [0.1, 0.15) is 13.3 Å². The number of thioether (sulfide) groups is 1. The molecule has 2 amide bonds. The highest BCUT2D eigenvalue weighted by atomic mass is 32.2. The van der Waals surface area contributed by atoms with Crippen molar-refractivity contribution in [1.29, 1.82) is 0 Å². The van der Waals surface area contributed by atoms with E-state index in [1.165, 1.54) is 0 Å². The monoisotopic (exact) mass is 245 g/mol. The molecule has 0 bridgehead atoms. The molecule has 92 valence electrons. The average Bonchev–Trinajstić information content (AvgIpc) is 2.64. The average molecular weight is 245 g/mol. The molecule has 0 aromatic carbocycles. The molecule has 1 aliphatic heterocycles. The molecule has 0 unspecified atom stereocenters. The van der Waals surface area contributed by atoms with Gasteiger partial charge in [0.25, 0.3) is 0 Å². The van der Waals surface area contributed by atoms with Gasteiger partial charge in [-0.25, -0.2) is 0 Å². The van der Waals surface area contributed by atoms with Gasteiger partial charge in [0.2, 0.25) is 11.8 Å². The summed E-state index contributed by atoms with van der Waals surface area (Å²) in [5.41, 5.74) is 0. The van der Waals surface area contributed by atoms with Crippen LogP contribution in [0, 0.1) is 0 Å². The second-order valence-corrected chi connectivity index (χ2v) is 4.62. The van der Waals surface area contributed by atoms with E-state index in [1.807, 2.05) is 0 Å². The lowest BCUT2D eigenvalue weighted by Gasteiger charge is -2.14. The zero-order valence-corrected chi connectivity index (χ0v) is 10.4. The second kappa shape index (κ2) is 7.51. The molecular weight excluding hydrogens is 226 g/mol. The Morgan fingerprint density at radius 3 is 2.88 bits per heavy atom. The summed E-state index contributed by atoms with van der Waals surface area (Å²) in [5.74, 6) is 1.13. The summed E-state index contributed by atoms with van der Waals surface area (Å²) in [5, 5.41) is 5.98. The summed E-state index contributed by atoms with van der Waals surface area (Å²) < 4.78 is 0. The summed E-state index contributed by atoms with van der Waals surface area (Å²) in [6, 6.07) is 0. The van der Waals surface area contributed by atoms with Gasteiger partial charge in [-0.15, -0.1) is 11.8 Å². The van der Waals surface area contributed by atoms with Crippen molar-refractivity contribution in [2.75, 3.05) is 37.8 Å². The third-order valence-corrected chi connectivity index (χ3v) is 3.16. The van der Waals surface area contributed by atoms with Gasteiger partial charge in [-0.05, 0) is 13.0 Å². The van der Waals surface area contributed by atoms with Crippen molar-refractivity contribution in [2.45, 2.75) is 13.3 Å². The maximum atomic E-state index is 11.4. The van der Waals surface area contributed by atoms with Crippen molar-refractivity contribution in [3.63, 3.8) is 0 Å². The number of carbonyl (C=O) groups excluding carboxylic acids is 2. The number of amides is 2. The standard InChI is InChI=1S/C10H19N3O2S/c1-2-3-11-4-5-12-9(14)6-13-8-16-7-10(13)15/h11H,2-8H2,1H3,(H,12,14). The number of hydrogen-bond donors (Lipinski definition) is 2. The Morgan fingerprint density at radius 2 is 2.25 bits per heavy atom. The minimum Gasteiger partial charge on any atom is -0.353 e. The first-order valence-corrected chi connectivity index (χ1v) is 6.72. The van der Waals surface area contributed by atoms with Gasteiger partial charge in [0.15, 0.2) is 0 Å². The van der Waals surface area contributed by atoms with E-state index in [9.17, 15) is 9.59 Å². The van der Waals surface area contributed by atoms with Crippen LogP contribution in [0.4, 0.5) is 0 Å². The van der Waals surface area contributed by atoms with Gasteiger partial charge in [0.1, 0.15) is 6.54 Å². The predicted octanol–water partition coefficient (Wildman–Crippen LogP) is -0.365. The van der Waals surface area contributed by atoms with Crippen molar-refractivity contribution in [3.8, 4) is 0 Å². The Hall–Kier alpha value is -0.750. The lowest BCUT2D eigenvalue weighted by molar-refractivity contribution is -0.132. The SMILES string of the molecule is CCCNCCNC(=O)CN1CSCC1=O. The third-order valence-electron chi connectivity index (χ3n) is 2.21. The lowest BCUT2D eigenvalue weighted by atomic mass is 10.4. The van der Waals surface area contributed by atoms with Gasteiger partial charge in [0, 0.05) is 13.1 Å². The quantitative estimate of drug-likeness (QED) is 0.601. The molecule has 5 nitrogen and oxygen atoms in total. The first-order chi connectivity index (χ1) is 7.74. The van der Waals surface area contributed by atoms with E-state index in [1.54, 1.807) is 16.7 Å². The molecule has 1 rings (SSSR count). The largest absolute Gasteiger partial charge is 0.353 e. The van der Waals surface area contributed by atoms with Gasteiger partial charge >= 0.3 is 0 Å². The van der Waals surface area contributed by atoms with Crippen molar-refractivity contribution in [3.05, 3.63) is 0 Å². The Morgan fingerprint density at radius 1 is 1.44 bits per heavy atom. The molecular formula is C10H19N3O2S. The number of rotatable bonds is 7. The van der Waals surface area contributed by atoms with Gasteiger partial charge in [0.05, 0.1) is 11.6 Å². The van der Waals surface area contributed by atoms with E-state index in [4.69, 9.17) is 0 Å². The van der Waals surface area contributed by atoms with Crippen LogP contribution in [0.5, 0.6) is 0 Å². The van der Waals surface area contributed by atoms with E-state index in [0.717, 1.165) is 19.5 Å². The first-order valence-electron chi connectivity index (χ1n) is 5.57. The number of hydrogen-bond acceptors (Lipinski definition) is 4. The highest BCUT2D eigenvalue weighted by Crippen LogP contribution is 2.13. The molecule has 0 radical (unpaired) electrons. The molecule has 2 N–H and O–H groups in total. The van der Waals surface area contributed by atoms with E-state index < -0.39 is 0 Å². The molecule has 1 aliphatic rings. The van der Waals surface area contributed by atoms with Crippen LogP contribution in [-0.4, -0.2) is 54.5 Å². The summed E-state index contributed by atoms with van der Waals surface area (Å²) >= 11 is 1.55. The van der Waals surface area contributed by atoms with E-state index in [2.05, 4.69) is 17.6 Å². The van der Waals surface area contributed by atoms with Crippen LogP contribution in [0.2, 0.25) is 0 Å². The second-order valence-electron chi connectivity index (χ2n) is 3.67. The van der Waals surface area contributed by atoms with Crippen LogP contribution in [0.3, 0.4) is 0 Å². The highest BCUT2D eigenvalue weighted by molar-refractivity contribution is 8.00. The Bertz CT molecular complexity index is 248. The van der Waals surface area contributed by atoms with E-state index >= 15 is 0 Å². The fourth-order valence-electron chi connectivity index (χ4n) is 1.36. The van der Waals surface area contributed by atoms with E-state index in [0.29, 0.717) is 18.2 Å². The molecule has 0 aromatic rings. The summed E-state index contributed by atoms with van der Waals surface area (Å²) in [7, 11) is 0. The molecule has 6 heteroatoms. The summed E-state index contributed by atoms with van der Waals surface area (Å²) in [6.07, 6.45) is 1.09. The van der Waals surface area contributed by atoms with Crippen molar-refractivity contribution in [2.24, 2.45) is 0 Å². The maximum Gasteiger partial charge on any atom is 0.239 e. The molecule has 1 fully saturated rings. The molecule has 1 saturated heterocycles. The third kappa shape index (κ3) is 4.85. The van der Waals surface area contributed by atoms with Gasteiger partial charge in [-0.1, -0.05) is 6.92 Å². The zero-order valence-electron chi connectivity index (χ0n) is 9.62. The van der Waals surface area contributed by atoms with E-state index in [-0.39, 0.29) is 18.4 Å². The van der Waals surface area contributed by atoms with Gasteiger partial charge in [-0.2, -0.15) is 0 Å². The molecule has 0 saturated carbocycles. The number of nitrogens with zero attached hydrogens (tertiary/aromatic N) is 1. The van der Waals surface area contributed by atoms with Crippen LogP contribution in [0.25, 0.3) is 0 Å². The van der Waals surface area contributed by atoms with Crippen LogP contribution in [0.15, 0.2) is 0 Å². The highest BCUT2D eigenvalue weighted by Gasteiger charge is 2.22. The molecule has 0 aliphatic carbocycles. The molecule has 0 atom stereocenters. The lowest BCUT2D eigenvalue weighted by Crippen LogP contribution is -2.40. The van der Waals surface area contributed by atoms with Crippen LogP contribution < -0.4 is 10.6 Å². The minimum atomic E-state index is -0.0749. The van der Waals surface area contributed by atoms with Crippen LogP contribution in [-0.2, 0) is 9.59 Å². The minimum absolute atomic E-state index is 0.0595. The summed E-state index contributed by atoms with van der Waals surface area (Å²) in [6.45, 7) is 4.66. The number of nitrogens with one attached hydrogen (secondary N) is 2. The van der Waals surface area contributed by atoms with Crippen molar-refractivity contribution in [1.82, 2.24) is 15.5 Å².